The number of nitrogens with one attached hydrogen (secondary N) is 1. The van der Waals surface area contributed by atoms with E-state index >= 15 is 0 Å². The van der Waals surface area contributed by atoms with Crippen LogP contribution < -0.4 is 10.1 Å². The number of nitrogens with zero attached hydrogens (tertiary/aromatic N) is 1. The van der Waals surface area contributed by atoms with Gasteiger partial charge in [0.1, 0.15) is 11.5 Å². The SMILES string of the molecule is O=C(NC1CCN(C(=O)O)C1)c1ccccc1Oc1ccccc1. The van der Waals surface area contributed by atoms with Crippen molar-refractivity contribution in [2.24, 2.45) is 0 Å². The highest BCUT2D eigenvalue weighted by atomic mass is 16.5. The first-order valence-corrected chi connectivity index (χ1v) is 7.74. The lowest BCUT2D eigenvalue weighted by atomic mass is 10.1. The average molecular weight is 326 g/mol. The Morgan fingerprint density at radius 2 is 1.79 bits per heavy atom. The first-order chi connectivity index (χ1) is 11.6. The summed E-state index contributed by atoms with van der Waals surface area (Å²) in [5, 5.41) is 11.9. The molecule has 1 saturated heterocycles. The Kier molecular flexibility index (Phi) is 4.65. The summed E-state index contributed by atoms with van der Waals surface area (Å²) in [6, 6.07) is 16.1. The van der Waals surface area contributed by atoms with Gasteiger partial charge in [-0.2, -0.15) is 0 Å². The molecule has 6 nitrogen and oxygen atoms in total. The second kappa shape index (κ2) is 7.04. The van der Waals surface area contributed by atoms with Crippen LogP contribution in [0.4, 0.5) is 4.79 Å². The van der Waals surface area contributed by atoms with E-state index in [-0.39, 0.29) is 11.9 Å². The number of amides is 2. The molecule has 2 N–H and O–H groups in total. The third kappa shape index (κ3) is 3.65. The summed E-state index contributed by atoms with van der Waals surface area (Å²) in [6.45, 7) is 0.741. The van der Waals surface area contributed by atoms with Crippen LogP contribution in [-0.2, 0) is 0 Å². The number of carbonyl (C=O) groups is 2. The number of para-hydroxylation sites is 2. The zero-order valence-corrected chi connectivity index (χ0v) is 13.0. The van der Waals surface area contributed by atoms with Crippen molar-refractivity contribution in [1.82, 2.24) is 10.2 Å². The van der Waals surface area contributed by atoms with Crippen molar-refractivity contribution in [3.8, 4) is 11.5 Å². The first-order valence-electron chi connectivity index (χ1n) is 7.74. The summed E-state index contributed by atoms with van der Waals surface area (Å²) in [5.41, 5.74) is 0.426. The van der Waals surface area contributed by atoms with E-state index in [2.05, 4.69) is 5.32 Å². The van der Waals surface area contributed by atoms with Gasteiger partial charge in [0.2, 0.25) is 0 Å². The van der Waals surface area contributed by atoms with E-state index in [0.29, 0.717) is 36.6 Å². The minimum atomic E-state index is -0.959. The van der Waals surface area contributed by atoms with Gasteiger partial charge in [0.25, 0.3) is 5.91 Å². The van der Waals surface area contributed by atoms with Gasteiger partial charge in [0, 0.05) is 19.1 Å². The van der Waals surface area contributed by atoms with Crippen molar-refractivity contribution < 1.29 is 19.4 Å². The van der Waals surface area contributed by atoms with E-state index in [1.54, 1.807) is 24.3 Å². The molecule has 0 radical (unpaired) electrons. The molecule has 1 heterocycles. The molecular formula is C18H18N2O4. The Morgan fingerprint density at radius 3 is 2.50 bits per heavy atom. The van der Waals surface area contributed by atoms with Gasteiger partial charge in [-0.25, -0.2) is 4.79 Å². The molecule has 1 atom stereocenters. The van der Waals surface area contributed by atoms with Crippen molar-refractivity contribution >= 4 is 12.0 Å². The van der Waals surface area contributed by atoms with Gasteiger partial charge in [0.15, 0.2) is 0 Å². The summed E-state index contributed by atoms with van der Waals surface area (Å²) in [7, 11) is 0. The largest absolute Gasteiger partial charge is 0.465 e. The van der Waals surface area contributed by atoms with Crippen LogP contribution >= 0.6 is 0 Å². The summed E-state index contributed by atoms with van der Waals surface area (Å²) < 4.78 is 5.79. The van der Waals surface area contributed by atoms with E-state index in [9.17, 15) is 9.59 Å². The Balaban J connectivity index is 1.70. The minimum Gasteiger partial charge on any atom is -0.465 e. The molecule has 1 unspecified atom stereocenters. The molecule has 0 saturated carbocycles. The number of carboxylic acid groups (broad SMARTS) is 1. The highest BCUT2D eigenvalue weighted by molar-refractivity contribution is 5.97. The van der Waals surface area contributed by atoms with Crippen molar-refractivity contribution in [3.05, 3.63) is 60.2 Å². The summed E-state index contributed by atoms with van der Waals surface area (Å²) in [6.07, 6.45) is -0.348. The third-order valence-corrected chi connectivity index (χ3v) is 3.90. The molecule has 2 amide bonds. The summed E-state index contributed by atoms with van der Waals surface area (Å²) in [5.74, 6) is 0.851. The highest BCUT2D eigenvalue weighted by Crippen LogP contribution is 2.25. The number of ether oxygens (including phenoxy) is 1. The van der Waals surface area contributed by atoms with E-state index in [1.165, 1.54) is 4.90 Å². The molecule has 2 aromatic carbocycles. The number of rotatable bonds is 4. The Labute approximate surface area is 139 Å². The van der Waals surface area contributed by atoms with Gasteiger partial charge in [-0.3, -0.25) is 4.79 Å². The molecule has 0 spiro atoms. The normalized spacial score (nSPS) is 16.7. The van der Waals surface area contributed by atoms with Crippen LogP contribution in [0.3, 0.4) is 0 Å². The number of hydrogen-bond donors (Lipinski definition) is 2. The van der Waals surface area contributed by atoms with Crippen molar-refractivity contribution in [1.29, 1.82) is 0 Å². The molecule has 6 heteroatoms. The van der Waals surface area contributed by atoms with Crippen LogP contribution in [0, 0.1) is 0 Å². The maximum Gasteiger partial charge on any atom is 0.407 e. The molecule has 0 bridgehead atoms. The van der Waals surface area contributed by atoms with Gasteiger partial charge >= 0.3 is 6.09 Å². The fourth-order valence-electron chi connectivity index (χ4n) is 2.67. The van der Waals surface area contributed by atoms with Gasteiger partial charge in [0.05, 0.1) is 5.56 Å². The minimum absolute atomic E-state index is 0.182. The molecule has 24 heavy (non-hydrogen) atoms. The van der Waals surface area contributed by atoms with Crippen LogP contribution in [0.2, 0.25) is 0 Å². The van der Waals surface area contributed by atoms with E-state index in [0.717, 1.165) is 0 Å². The molecule has 1 aliphatic heterocycles. The Bertz CT molecular complexity index is 733. The van der Waals surface area contributed by atoms with Crippen molar-refractivity contribution in [2.45, 2.75) is 12.5 Å². The van der Waals surface area contributed by atoms with Crippen LogP contribution in [0.1, 0.15) is 16.8 Å². The molecule has 0 aromatic heterocycles. The summed E-state index contributed by atoms with van der Waals surface area (Å²) in [4.78, 5) is 24.8. The predicted molar refractivity (Wildman–Crippen MR) is 88.4 cm³/mol. The van der Waals surface area contributed by atoms with E-state index in [4.69, 9.17) is 9.84 Å². The predicted octanol–water partition coefficient (Wildman–Crippen LogP) is 2.96. The quantitative estimate of drug-likeness (QED) is 0.905. The second-order valence-corrected chi connectivity index (χ2v) is 5.60. The maximum absolute atomic E-state index is 12.5. The zero-order valence-electron chi connectivity index (χ0n) is 13.0. The fraction of sp³-hybridized carbons (Fsp3) is 0.222. The standard InChI is InChI=1S/C18H18N2O4/c21-17(19-13-10-11-20(12-13)18(22)23)15-8-4-5-9-16(15)24-14-6-2-1-3-7-14/h1-9,13H,10-12H2,(H,19,21)(H,22,23). The smallest absolute Gasteiger partial charge is 0.407 e. The third-order valence-electron chi connectivity index (χ3n) is 3.90. The number of carbonyl (C=O) groups excluding carboxylic acids is 1. The topological polar surface area (TPSA) is 78.9 Å². The molecule has 3 rings (SSSR count). The molecular weight excluding hydrogens is 308 g/mol. The van der Waals surface area contributed by atoms with Crippen LogP contribution in [0.5, 0.6) is 11.5 Å². The fourth-order valence-corrected chi connectivity index (χ4v) is 2.67. The van der Waals surface area contributed by atoms with Crippen molar-refractivity contribution in [3.63, 3.8) is 0 Å². The van der Waals surface area contributed by atoms with Gasteiger partial charge in [-0.05, 0) is 30.7 Å². The van der Waals surface area contributed by atoms with E-state index in [1.807, 2.05) is 30.3 Å². The molecule has 1 fully saturated rings. The number of benzene rings is 2. The second-order valence-electron chi connectivity index (χ2n) is 5.60. The maximum atomic E-state index is 12.5. The van der Waals surface area contributed by atoms with Crippen molar-refractivity contribution in [2.75, 3.05) is 13.1 Å². The van der Waals surface area contributed by atoms with Gasteiger partial charge < -0.3 is 20.1 Å². The zero-order chi connectivity index (χ0) is 16.9. The number of hydrogen-bond acceptors (Lipinski definition) is 3. The highest BCUT2D eigenvalue weighted by Gasteiger charge is 2.27. The lowest BCUT2D eigenvalue weighted by Gasteiger charge is -2.15. The van der Waals surface area contributed by atoms with Gasteiger partial charge in [-0.1, -0.05) is 30.3 Å². The van der Waals surface area contributed by atoms with Crippen LogP contribution in [0.25, 0.3) is 0 Å². The lowest BCUT2D eigenvalue weighted by Crippen LogP contribution is -2.38. The van der Waals surface area contributed by atoms with Gasteiger partial charge in [-0.15, -0.1) is 0 Å². The monoisotopic (exact) mass is 326 g/mol. The Hall–Kier alpha value is -3.02. The molecule has 0 aliphatic carbocycles. The average Bonchev–Trinajstić information content (AvgIpc) is 3.05. The molecule has 124 valence electrons. The molecule has 1 aliphatic rings. The number of likely N-dealkylation sites (tertiary alicyclic amines) is 1. The first kappa shape index (κ1) is 15.9. The van der Waals surface area contributed by atoms with E-state index < -0.39 is 6.09 Å². The lowest BCUT2D eigenvalue weighted by molar-refractivity contribution is 0.0933. The summed E-state index contributed by atoms with van der Waals surface area (Å²) >= 11 is 0. The Morgan fingerprint density at radius 1 is 1.08 bits per heavy atom. The molecule has 2 aromatic rings. The van der Waals surface area contributed by atoms with Crippen LogP contribution in [0.15, 0.2) is 54.6 Å². The van der Waals surface area contributed by atoms with Crippen LogP contribution in [-0.4, -0.2) is 41.1 Å².